The van der Waals surface area contributed by atoms with Crippen molar-refractivity contribution in [2.75, 3.05) is 0 Å². The van der Waals surface area contributed by atoms with Crippen molar-refractivity contribution in [2.24, 2.45) is 0 Å². The van der Waals surface area contributed by atoms with Gasteiger partial charge >= 0.3 is 0 Å². The van der Waals surface area contributed by atoms with Gasteiger partial charge in [-0.2, -0.15) is 0 Å². The van der Waals surface area contributed by atoms with Gasteiger partial charge in [-0.25, -0.2) is 5.06 Å². The molecular formula is C26H25N3O5. The maximum atomic E-state index is 12.8. The van der Waals surface area contributed by atoms with Crippen LogP contribution in [0.15, 0.2) is 72.9 Å². The third kappa shape index (κ3) is 4.25. The Labute approximate surface area is 197 Å². The summed E-state index contributed by atoms with van der Waals surface area (Å²) in [5.74, 6) is -0.297. The first kappa shape index (κ1) is 22.1. The zero-order chi connectivity index (χ0) is 23.7. The molecule has 0 saturated carbocycles. The molecule has 174 valence electrons. The van der Waals surface area contributed by atoms with Crippen molar-refractivity contribution < 1.29 is 24.3 Å². The fourth-order valence-corrected chi connectivity index (χ4v) is 4.18. The molecule has 0 bridgehead atoms. The maximum absolute atomic E-state index is 12.8. The van der Waals surface area contributed by atoms with Crippen LogP contribution in [-0.4, -0.2) is 44.1 Å². The van der Waals surface area contributed by atoms with Gasteiger partial charge < -0.3 is 14.7 Å². The summed E-state index contributed by atoms with van der Waals surface area (Å²) in [4.78, 5) is 36.9. The molecule has 8 heteroatoms. The van der Waals surface area contributed by atoms with E-state index in [2.05, 4.69) is 4.98 Å². The monoisotopic (exact) mass is 459 g/mol. The third-order valence-corrected chi connectivity index (χ3v) is 6.17. The molecule has 0 aliphatic carbocycles. The highest BCUT2D eigenvalue weighted by molar-refractivity contribution is 5.93. The second-order valence-corrected chi connectivity index (χ2v) is 8.46. The normalized spacial score (nSPS) is 18.8. The van der Waals surface area contributed by atoms with Crippen LogP contribution in [0.2, 0.25) is 0 Å². The molecule has 1 N–H and O–H groups in total. The van der Waals surface area contributed by atoms with Crippen LogP contribution >= 0.6 is 0 Å². The molecule has 3 atom stereocenters. The van der Waals surface area contributed by atoms with Crippen LogP contribution in [-0.2, 0) is 34.1 Å². The lowest BCUT2D eigenvalue weighted by atomic mass is 10.0. The minimum atomic E-state index is -1.56. The lowest BCUT2D eigenvalue weighted by molar-refractivity contribution is -0.295. The Balaban J connectivity index is 1.18. The average molecular weight is 460 g/mol. The van der Waals surface area contributed by atoms with E-state index in [0.29, 0.717) is 25.4 Å². The van der Waals surface area contributed by atoms with Gasteiger partial charge in [0.2, 0.25) is 6.10 Å². The SMILES string of the molecule is C[C@H](c1cccc(OCc2ccccc2)c1)N1O[C@H]([C@@H](O)C(=O)N2Cc3cccnc3C2)C1=O. The van der Waals surface area contributed by atoms with Crippen LogP contribution in [0.4, 0.5) is 0 Å². The summed E-state index contributed by atoms with van der Waals surface area (Å²) in [6, 6.07) is 20.6. The molecule has 2 aromatic carbocycles. The van der Waals surface area contributed by atoms with E-state index in [9.17, 15) is 14.7 Å². The molecule has 1 fully saturated rings. The number of nitrogens with zero attached hydrogens (tertiary/aromatic N) is 3. The van der Waals surface area contributed by atoms with Gasteiger partial charge in [0, 0.05) is 12.7 Å². The van der Waals surface area contributed by atoms with E-state index in [1.165, 1.54) is 9.96 Å². The second kappa shape index (κ2) is 9.24. The number of fused-ring (bicyclic) bond motifs is 1. The minimum absolute atomic E-state index is 0.308. The largest absolute Gasteiger partial charge is 0.489 e. The van der Waals surface area contributed by atoms with E-state index in [0.717, 1.165) is 22.4 Å². The molecule has 2 aliphatic rings. The second-order valence-electron chi connectivity index (χ2n) is 8.46. The molecule has 5 rings (SSSR count). The molecule has 1 aromatic heterocycles. The van der Waals surface area contributed by atoms with Crippen LogP contribution in [0.3, 0.4) is 0 Å². The standard InChI is InChI=1S/C26H25N3O5/c1-17(19-9-5-11-21(13-19)33-16-18-7-3-2-4-8-18)29-26(32)24(34-29)23(30)25(31)28-14-20-10-6-12-27-22(20)15-28/h2-13,17,23-24,30H,14-16H2,1H3/t17-,23-,24-/m1/s1. The van der Waals surface area contributed by atoms with Crippen LogP contribution in [0.1, 0.15) is 35.3 Å². The summed E-state index contributed by atoms with van der Waals surface area (Å²) in [6.07, 6.45) is -1.11. The topological polar surface area (TPSA) is 92.2 Å². The Morgan fingerprint density at radius 1 is 1.15 bits per heavy atom. The zero-order valence-corrected chi connectivity index (χ0v) is 18.7. The lowest BCUT2D eigenvalue weighted by Crippen LogP contribution is -2.62. The number of aromatic nitrogens is 1. The van der Waals surface area contributed by atoms with Crippen molar-refractivity contribution in [3.05, 3.63) is 95.3 Å². The fourth-order valence-electron chi connectivity index (χ4n) is 4.18. The Hall–Kier alpha value is -3.75. The summed E-state index contributed by atoms with van der Waals surface area (Å²) in [5, 5.41) is 11.7. The van der Waals surface area contributed by atoms with Gasteiger partial charge in [-0.1, -0.05) is 48.5 Å². The summed E-state index contributed by atoms with van der Waals surface area (Å²) >= 11 is 0. The number of hydrogen-bond acceptors (Lipinski definition) is 6. The van der Waals surface area contributed by atoms with Crippen molar-refractivity contribution in [3.63, 3.8) is 0 Å². The van der Waals surface area contributed by atoms with Gasteiger partial charge in [-0.3, -0.25) is 19.4 Å². The van der Waals surface area contributed by atoms with Crippen LogP contribution in [0, 0.1) is 0 Å². The number of aliphatic hydroxyl groups excluding tert-OH is 1. The number of hydrogen-bond donors (Lipinski definition) is 1. The Morgan fingerprint density at radius 3 is 2.74 bits per heavy atom. The lowest BCUT2D eigenvalue weighted by Gasteiger charge is -2.42. The zero-order valence-electron chi connectivity index (χ0n) is 18.7. The summed E-state index contributed by atoms with van der Waals surface area (Å²) in [5.41, 5.74) is 3.61. The first-order chi connectivity index (χ1) is 16.5. The maximum Gasteiger partial charge on any atom is 0.281 e. The predicted molar refractivity (Wildman–Crippen MR) is 122 cm³/mol. The van der Waals surface area contributed by atoms with E-state index in [-0.39, 0.29) is 0 Å². The Bertz CT molecular complexity index is 1180. The van der Waals surface area contributed by atoms with Gasteiger partial charge in [0.05, 0.1) is 18.3 Å². The highest BCUT2D eigenvalue weighted by Gasteiger charge is 2.50. The number of aliphatic hydroxyl groups is 1. The number of carbonyl (C=O) groups excluding carboxylic acids is 2. The predicted octanol–water partition coefficient (Wildman–Crippen LogP) is 2.77. The van der Waals surface area contributed by atoms with Crippen LogP contribution in [0.5, 0.6) is 5.75 Å². The van der Waals surface area contributed by atoms with Gasteiger partial charge in [0.15, 0.2) is 6.10 Å². The van der Waals surface area contributed by atoms with Crippen molar-refractivity contribution in [3.8, 4) is 5.75 Å². The fraction of sp³-hybridized carbons (Fsp3) is 0.269. The molecule has 0 spiro atoms. The van der Waals surface area contributed by atoms with Crippen LogP contribution < -0.4 is 4.74 Å². The van der Waals surface area contributed by atoms with Crippen molar-refractivity contribution >= 4 is 11.8 Å². The van der Waals surface area contributed by atoms with E-state index < -0.39 is 30.1 Å². The summed E-state index contributed by atoms with van der Waals surface area (Å²) < 4.78 is 5.88. The number of hydroxylamine groups is 2. The van der Waals surface area contributed by atoms with E-state index in [1.54, 1.807) is 6.20 Å². The van der Waals surface area contributed by atoms with Gasteiger partial charge in [-0.15, -0.1) is 0 Å². The average Bonchev–Trinajstić information content (AvgIpc) is 3.31. The quantitative estimate of drug-likeness (QED) is 0.584. The van der Waals surface area contributed by atoms with E-state index in [4.69, 9.17) is 9.57 Å². The van der Waals surface area contributed by atoms with E-state index >= 15 is 0 Å². The van der Waals surface area contributed by atoms with Crippen molar-refractivity contribution in [1.29, 1.82) is 0 Å². The van der Waals surface area contributed by atoms with Crippen LogP contribution in [0.25, 0.3) is 0 Å². The molecule has 0 radical (unpaired) electrons. The number of amides is 2. The number of rotatable bonds is 7. The molecule has 2 amide bonds. The number of pyridine rings is 1. The van der Waals surface area contributed by atoms with Gasteiger partial charge in [0.25, 0.3) is 11.8 Å². The Kier molecular flexibility index (Phi) is 6.00. The van der Waals surface area contributed by atoms with Gasteiger partial charge in [0.1, 0.15) is 12.4 Å². The molecule has 1 saturated heterocycles. The molecule has 0 unspecified atom stereocenters. The highest BCUT2D eigenvalue weighted by atomic mass is 16.7. The van der Waals surface area contributed by atoms with Crippen molar-refractivity contribution in [1.82, 2.24) is 14.9 Å². The number of carbonyl (C=O) groups is 2. The molecular weight excluding hydrogens is 434 g/mol. The molecule has 3 aromatic rings. The number of ether oxygens (including phenoxy) is 1. The minimum Gasteiger partial charge on any atom is -0.489 e. The Morgan fingerprint density at radius 2 is 1.97 bits per heavy atom. The van der Waals surface area contributed by atoms with Crippen molar-refractivity contribution in [2.45, 2.75) is 44.9 Å². The first-order valence-electron chi connectivity index (χ1n) is 11.2. The molecule has 8 nitrogen and oxygen atoms in total. The molecule has 34 heavy (non-hydrogen) atoms. The third-order valence-electron chi connectivity index (χ3n) is 6.17. The van der Waals surface area contributed by atoms with E-state index in [1.807, 2.05) is 73.7 Å². The molecule has 2 aliphatic heterocycles. The molecule has 3 heterocycles. The number of benzene rings is 2. The smallest absolute Gasteiger partial charge is 0.281 e. The summed E-state index contributed by atoms with van der Waals surface area (Å²) in [7, 11) is 0. The first-order valence-corrected chi connectivity index (χ1v) is 11.2. The summed E-state index contributed by atoms with van der Waals surface area (Å²) in [6.45, 7) is 2.92. The van der Waals surface area contributed by atoms with Gasteiger partial charge in [-0.05, 0) is 41.8 Å². The highest BCUT2D eigenvalue weighted by Crippen LogP contribution is 2.32.